The highest BCUT2D eigenvalue weighted by atomic mass is 35.5. The summed E-state index contributed by atoms with van der Waals surface area (Å²) in [6.45, 7) is 1.48. The average Bonchev–Trinajstić information content (AvgIpc) is 3.32. The Labute approximate surface area is 261 Å². The zero-order chi connectivity index (χ0) is 29.9. The molecular formula is C29H37Cl4N5O3. The number of benzene rings is 2. The summed E-state index contributed by atoms with van der Waals surface area (Å²) in [5.74, 6) is -1.30. The summed E-state index contributed by atoms with van der Waals surface area (Å²) in [6.07, 6.45) is 4.33. The summed E-state index contributed by atoms with van der Waals surface area (Å²) in [5, 5.41) is 8.12. The Bertz CT molecular complexity index is 1210. The van der Waals surface area contributed by atoms with Crippen LogP contribution in [0.4, 0.5) is 0 Å². The highest BCUT2D eigenvalue weighted by Crippen LogP contribution is 2.23. The average molecular weight is 645 g/mol. The molecule has 4 N–H and O–H groups in total. The fraction of sp³-hybridized carbons (Fsp3) is 0.483. The van der Waals surface area contributed by atoms with Gasteiger partial charge in [0.05, 0.1) is 13.1 Å². The lowest BCUT2D eigenvalue weighted by Gasteiger charge is -2.29. The number of nitrogens with one attached hydrogen (secondary N) is 2. The quantitative estimate of drug-likeness (QED) is 0.250. The van der Waals surface area contributed by atoms with Gasteiger partial charge in [-0.25, -0.2) is 0 Å². The molecular weight excluding hydrogens is 608 g/mol. The number of primary amides is 1. The van der Waals surface area contributed by atoms with Crippen molar-refractivity contribution >= 4 is 64.1 Å². The van der Waals surface area contributed by atoms with Gasteiger partial charge in [-0.1, -0.05) is 58.5 Å². The number of hydrogen-bond donors (Lipinski definition) is 3. The van der Waals surface area contributed by atoms with Gasteiger partial charge in [0.25, 0.3) is 0 Å². The van der Waals surface area contributed by atoms with Crippen molar-refractivity contribution in [3.8, 4) is 0 Å². The van der Waals surface area contributed by atoms with E-state index in [2.05, 4.69) is 22.6 Å². The Morgan fingerprint density at radius 3 is 2.22 bits per heavy atom. The zero-order valence-electron chi connectivity index (χ0n) is 23.1. The normalized spacial score (nSPS) is 16.0. The van der Waals surface area contributed by atoms with Crippen LogP contribution in [0.3, 0.4) is 0 Å². The molecule has 2 atom stereocenters. The molecule has 8 nitrogen and oxygen atoms in total. The minimum absolute atomic E-state index is 0.0223. The number of carbonyl (C=O) groups is 3. The van der Waals surface area contributed by atoms with Crippen molar-refractivity contribution in [2.45, 2.75) is 50.6 Å². The van der Waals surface area contributed by atoms with E-state index in [1.54, 1.807) is 30.3 Å². The lowest BCUT2D eigenvalue weighted by atomic mass is 10.0. The number of nitrogens with two attached hydrogens (primary N) is 1. The molecule has 224 valence electrons. The topological polar surface area (TPSA) is 108 Å². The summed E-state index contributed by atoms with van der Waals surface area (Å²) in [5.41, 5.74) is 7.20. The number of nitrogens with zero attached hydrogens (tertiary/aromatic N) is 2. The van der Waals surface area contributed by atoms with E-state index < -0.39 is 11.9 Å². The minimum Gasteiger partial charge on any atom is -0.368 e. The van der Waals surface area contributed by atoms with Gasteiger partial charge in [-0.15, -0.1) is 0 Å². The third-order valence-electron chi connectivity index (χ3n) is 7.29. The van der Waals surface area contributed by atoms with E-state index in [-0.39, 0.29) is 31.4 Å². The SMILES string of the molecule is CN1CCC[C@H]1CCC(NC(=O)CNCCc1ccc(Cl)cc1Cl)C(=O)N(CCc1ccc(Cl)cc1Cl)CC(N)=O. The molecule has 41 heavy (non-hydrogen) atoms. The van der Waals surface area contributed by atoms with Gasteiger partial charge < -0.3 is 26.2 Å². The fourth-order valence-electron chi connectivity index (χ4n) is 5.01. The van der Waals surface area contributed by atoms with Crippen molar-refractivity contribution in [3.63, 3.8) is 0 Å². The second kappa shape index (κ2) is 16.5. The predicted octanol–water partition coefficient (Wildman–Crippen LogP) is 4.35. The van der Waals surface area contributed by atoms with Crippen molar-refractivity contribution in [1.29, 1.82) is 0 Å². The molecule has 0 saturated carbocycles. The van der Waals surface area contributed by atoms with Crippen LogP contribution in [0.25, 0.3) is 0 Å². The van der Waals surface area contributed by atoms with Crippen LogP contribution in [0.2, 0.25) is 20.1 Å². The molecule has 0 aromatic heterocycles. The lowest BCUT2D eigenvalue weighted by Crippen LogP contribution is -2.52. The van der Waals surface area contributed by atoms with Gasteiger partial charge in [0.15, 0.2) is 0 Å². The van der Waals surface area contributed by atoms with Crippen molar-refractivity contribution in [1.82, 2.24) is 20.4 Å². The van der Waals surface area contributed by atoms with E-state index in [9.17, 15) is 14.4 Å². The van der Waals surface area contributed by atoms with Crippen molar-refractivity contribution < 1.29 is 14.4 Å². The van der Waals surface area contributed by atoms with Crippen LogP contribution in [0, 0.1) is 0 Å². The number of likely N-dealkylation sites (tertiary alicyclic amines) is 1. The largest absolute Gasteiger partial charge is 0.368 e. The molecule has 1 saturated heterocycles. The predicted molar refractivity (Wildman–Crippen MR) is 166 cm³/mol. The summed E-state index contributed by atoms with van der Waals surface area (Å²) in [7, 11) is 2.07. The van der Waals surface area contributed by atoms with Crippen LogP contribution < -0.4 is 16.4 Å². The third kappa shape index (κ3) is 10.9. The molecule has 0 bridgehead atoms. The number of amides is 3. The number of rotatable bonds is 15. The van der Waals surface area contributed by atoms with Crippen LogP contribution >= 0.6 is 46.4 Å². The second-order valence-corrected chi connectivity index (χ2v) is 12.0. The van der Waals surface area contributed by atoms with E-state index >= 15 is 0 Å². The van der Waals surface area contributed by atoms with Crippen LogP contribution in [-0.4, -0.2) is 79.4 Å². The Kier molecular flexibility index (Phi) is 13.5. The van der Waals surface area contributed by atoms with Crippen LogP contribution in [-0.2, 0) is 27.2 Å². The van der Waals surface area contributed by atoms with E-state index in [1.165, 1.54) is 4.90 Å². The maximum atomic E-state index is 13.7. The first-order chi connectivity index (χ1) is 19.5. The summed E-state index contributed by atoms with van der Waals surface area (Å²) < 4.78 is 0. The molecule has 0 aliphatic carbocycles. The van der Waals surface area contributed by atoms with Crippen LogP contribution in [0.1, 0.15) is 36.8 Å². The summed E-state index contributed by atoms with van der Waals surface area (Å²) in [4.78, 5) is 42.2. The van der Waals surface area contributed by atoms with Crippen LogP contribution in [0.5, 0.6) is 0 Å². The highest BCUT2D eigenvalue weighted by Gasteiger charge is 2.29. The van der Waals surface area contributed by atoms with Gasteiger partial charge in [0.1, 0.15) is 6.04 Å². The molecule has 1 aliphatic rings. The van der Waals surface area contributed by atoms with E-state index in [1.807, 2.05) is 6.07 Å². The molecule has 1 heterocycles. The van der Waals surface area contributed by atoms with E-state index in [0.29, 0.717) is 51.9 Å². The van der Waals surface area contributed by atoms with Gasteiger partial charge in [0.2, 0.25) is 17.7 Å². The number of carbonyl (C=O) groups excluding carboxylic acids is 3. The van der Waals surface area contributed by atoms with Crippen LogP contribution in [0.15, 0.2) is 36.4 Å². The Morgan fingerprint density at radius 2 is 1.66 bits per heavy atom. The number of halogens is 4. The summed E-state index contributed by atoms with van der Waals surface area (Å²) >= 11 is 24.5. The second-order valence-electron chi connectivity index (χ2n) is 10.3. The fourth-order valence-corrected chi connectivity index (χ4v) is 6.02. The first-order valence-corrected chi connectivity index (χ1v) is 15.2. The Hall–Kier alpha value is -2.07. The van der Waals surface area contributed by atoms with Gasteiger partial charge in [-0.3, -0.25) is 14.4 Å². The van der Waals surface area contributed by atoms with Crippen molar-refractivity contribution in [3.05, 3.63) is 67.6 Å². The first kappa shape index (κ1) is 33.4. The molecule has 2 aromatic rings. The Balaban J connectivity index is 1.64. The molecule has 1 fully saturated rings. The number of hydrogen-bond acceptors (Lipinski definition) is 5. The molecule has 12 heteroatoms. The van der Waals surface area contributed by atoms with Gasteiger partial charge >= 0.3 is 0 Å². The maximum absolute atomic E-state index is 13.7. The molecule has 1 unspecified atom stereocenters. The van der Waals surface area contributed by atoms with Crippen molar-refractivity contribution in [2.24, 2.45) is 5.73 Å². The van der Waals surface area contributed by atoms with Gasteiger partial charge in [-0.2, -0.15) is 0 Å². The standard InChI is InChI=1S/C29H37Cl4N5O3/c1-37-13-2-3-23(37)8-9-26(36-28(40)17-35-12-10-19-4-6-21(30)15-24(19)32)29(41)38(18-27(34)39)14-11-20-5-7-22(31)16-25(20)33/h4-7,15-16,23,26,35H,2-3,8-14,17-18H2,1H3,(H2,34,39)(H,36,40)/t23-,26?/m0/s1. The Morgan fingerprint density at radius 1 is 1.02 bits per heavy atom. The van der Waals surface area contributed by atoms with Crippen molar-refractivity contribution in [2.75, 3.05) is 39.8 Å². The van der Waals surface area contributed by atoms with E-state index in [4.69, 9.17) is 52.1 Å². The van der Waals surface area contributed by atoms with Gasteiger partial charge in [0, 0.05) is 32.7 Å². The highest BCUT2D eigenvalue weighted by molar-refractivity contribution is 6.35. The molecule has 1 aliphatic heterocycles. The smallest absolute Gasteiger partial charge is 0.245 e. The molecule has 3 amide bonds. The minimum atomic E-state index is -0.802. The molecule has 0 radical (unpaired) electrons. The summed E-state index contributed by atoms with van der Waals surface area (Å²) in [6, 6.07) is 9.98. The maximum Gasteiger partial charge on any atom is 0.245 e. The first-order valence-electron chi connectivity index (χ1n) is 13.7. The molecule has 0 spiro atoms. The molecule has 3 rings (SSSR count). The monoisotopic (exact) mass is 643 g/mol. The van der Waals surface area contributed by atoms with E-state index in [0.717, 1.165) is 36.9 Å². The zero-order valence-corrected chi connectivity index (χ0v) is 26.1. The lowest BCUT2D eigenvalue weighted by molar-refractivity contribution is -0.139. The van der Waals surface area contributed by atoms with Gasteiger partial charge in [-0.05, 0) is 94.1 Å². The third-order valence-corrected chi connectivity index (χ3v) is 8.46. The molecule has 2 aromatic carbocycles.